The Morgan fingerprint density at radius 1 is 0.259 bits per heavy atom. The molecule has 14 heteroatoms. The number of halogens is 6. The lowest BCUT2D eigenvalue weighted by atomic mass is 9.90. The van der Waals surface area contributed by atoms with Gasteiger partial charge in [-0.3, -0.25) is 0 Å². The number of hydrogen-bond donors (Lipinski definition) is 0. The fourth-order valence-electron chi connectivity index (χ4n) is 17.8. The highest BCUT2D eigenvalue weighted by molar-refractivity contribution is 6.15. The third-order valence-corrected chi connectivity index (χ3v) is 22.9. The van der Waals surface area contributed by atoms with Crippen molar-refractivity contribution in [2.75, 3.05) is 0 Å². The molecule has 0 spiro atoms. The van der Waals surface area contributed by atoms with Gasteiger partial charge in [-0.1, -0.05) is 212 Å². The molecule has 0 aliphatic heterocycles. The zero-order valence-corrected chi connectivity index (χ0v) is 61.4. The van der Waals surface area contributed by atoms with Gasteiger partial charge < -0.3 is 18.3 Å². The molecule has 0 fully saturated rings. The second-order valence-corrected chi connectivity index (χ2v) is 29.1. The second-order valence-electron chi connectivity index (χ2n) is 29.1. The number of allylic oxidation sites excluding steroid dienone is 8. The van der Waals surface area contributed by atoms with Crippen molar-refractivity contribution >= 4 is 98.4 Å². The van der Waals surface area contributed by atoms with Gasteiger partial charge in [0.25, 0.3) is 0 Å². The summed E-state index contributed by atoms with van der Waals surface area (Å²) in [5.74, 6) is 0. The highest BCUT2D eigenvalue weighted by atomic mass is 19.4. The molecule has 2 aliphatic carbocycles. The molecular weight excluding hydrogens is 1450 g/mol. The number of nitrogens with zero attached hydrogens (tertiary/aromatic N) is 8. The Morgan fingerprint density at radius 3 is 1.04 bits per heavy atom. The van der Waals surface area contributed by atoms with Crippen LogP contribution in [-0.4, -0.2) is 18.3 Å². The van der Waals surface area contributed by atoms with Crippen LogP contribution in [-0.2, 0) is 12.4 Å². The van der Waals surface area contributed by atoms with Gasteiger partial charge in [-0.2, -0.15) is 47.4 Å². The van der Waals surface area contributed by atoms with Crippen molar-refractivity contribution < 1.29 is 26.3 Å². The summed E-state index contributed by atoms with van der Waals surface area (Å²) < 4.78 is 103. The van der Waals surface area contributed by atoms with Gasteiger partial charge in [-0.25, -0.2) is 0 Å². The van der Waals surface area contributed by atoms with Gasteiger partial charge in [0.2, 0.25) is 0 Å². The van der Waals surface area contributed by atoms with Crippen molar-refractivity contribution in [1.82, 2.24) is 18.3 Å². The summed E-state index contributed by atoms with van der Waals surface area (Å²) in [5, 5.41) is 55.1. The molecule has 4 aromatic heterocycles. The highest BCUT2D eigenvalue weighted by Crippen LogP contribution is 2.49. The minimum Gasteiger partial charge on any atom is -0.307 e. The summed E-state index contributed by atoms with van der Waals surface area (Å²) in [4.78, 5) is 0. The summed E-state index contributed by atoms with van der Waals surface area (Å²) >= 11 is 0. The van der Waals surface area contributed by atoms with Crippen LogP contribution < -0.4 is 10.4 Å². The number of rotatable bonds is 8. The fourth-order valence-corrected chi connectivity index (χ4v) is 17.8. The molecule has 0 saturated carbocycles. The van der Waals surface area contributed by atoms with Crippen molar-refractivity contribution in [3.63, 3.8) is 0 Å². The number of nitriles is 4. The standard InChI is InChI=1S/C102H58F6N8/c103-101(104,105)85-37-21-31-67(57-109)99(85)78-54-97(113-88-40-18-14-34-72(88)82-47-65(44-46-91(82)113)61-23-5-1-6-24-61)95(49-69(78)59-111)116-89-41-19-15-35-73(89)83-51-76(63-27-9-3-10-28-63)81(56-94(83)116)80-52-84-74-36-16-20-42-90(74)115(93(84)53-77(80)64-29-11-4-12-30-64)96-50-70(60-112)79(100-68(58-110)32-22-38-86(100)102(106,107)108)55-98(96)114-87-39-17-13-33-71(87)75-45-43-66(48-92(75)114)62-25-7-2-8-26-62/h1-27,29,31-56H,28,30H2. The first kappa shape index (κ1) is 69.7. The van der Waals surface area contributed by atoms with E-state index in [0.717, 1.165) is 137 Å². The van der Waals surface area contributed by atoms with Crippen molar-refractivity contribution in [2.45, 2.75) is 25.2 Å². The molecule has 2 aliphatic rings. The van der Waals surface area contributed by atoms with Crippen molar-refractivity contribution in [1.29, 1.82) is 21.0 Å². The van der Waals surface area contributed by atoms with E-state index in [0.29, 0.717) is 52.1 Å². The van der Waals surface area contributed by atoms with Gasteiger partial charge >= 0.3 is 12.4 Å². The second kappa shape index (κ2) is 27.2. The van der Waals surface area contributed by atoms with Crippen LogP contribution in [0.25, 0.3) is 166 Å². The summed E-state index contributed by atoms with van der Waals surface area (Å²) in [7, 11) is 0. The molecule has 18 aromatic rings. The van der Waals surface area contributed by atoms with Gasteiger partial charge in [0, 0.05) is 65.3 Å². The molecule has 0 atom stereocenters. The lowest BCUT2D eigenvalue weighted by molar-refractivity contribution is -0.137. The van der Waals surface area contributed by atoms with Crippen LogP contribution >= 0.6 is 0 Å². The van der Waals surface area contributed by atoms with E-state index in [-0.39, 0.29) is 33.4 Å². The molecule has 8 nitrogen and oxygen atoms in total. The van der Waals surface area contributed by atoms with Crippen LogP contribution in [0.3, 0.4) is 0 Å². The van der Waals surface area contributed by atoms with Gasteiger partial charge in [0.05, 0.1) is 125 Å². The highest BCUT2D eigenvalue weighted by Gasteiger charge is 2.38. The van der Waals surface area contributed by atoms with E-state index < -0.39 is 34.6 Å². The summed E-state index contributed by atoms with van der Waals surface area (Å²) in [6.45, 7) is 0. The minimum atomic E-state index is -4.94. The van der Waals surface area contributed by atoms with Crippen LogP contribution in [0.5, 0.6) is 0 Å². The number of aromatic nitrogens is 4. The van der Waals surface area contributed by atoms with E-state index in [2.05, 4.69) is 109 Å². The third kappa shape index (κ3) is 11.1. The SMILES string of the molecule is N#Cc1cc(-n2c3ccccc3c3cc(=C4C=CC=CC4)c(=c4cc5c6ccccc6n(-c6cc(C#N)c(-c7c(C#N)cccc7C(F)(F)F)cc6-n6c7ccccc7c7ccc(-c8ccccc8)cc76)c5cc4=C4C=CC=CC4)cc32)c(-n2c3ccccc3c3cc(-c4ccccc4)ccc32)cc1-c1c(C#N)cccc1C(F)(F)F. The summed E-state index contributed by atoms with van der Waals surface area (Å²) in [6.07, 6.45) is 7.69. The minimum absolute atomic E-state index is 0.0805. The van der Waals surface area contributed by atoms with E-state index in [1.807, 2.05) is 200 Å². The van der Waals surface area contributed by atoms with E-state index in [1.165, 1.54) is 24.3 Å². The maximum Gasteiger partial charge on any atom is 0.417 e. The van der Waals surface area contributed by atoms with Crippen LogP contribution in [0.15, 0.2) is 328 Å². The van der Waals surface area contributed by atoms with E-state index in [4.69, 9.17) is 0 Å². The van der Waals surface area contributed by atoms with Crippen LogP contribution in [0, 0.1) is 55.8 Å². The largest absolute Gasteiger partial charge is 0.417 e. The van der Waals surface area contributed by atoms with Gasteiger partial charge in [0.15, 0.2) is 0 Å². The smallest absolute Gasteiger partial charge is 0.307 e. The number of hydrogen-bond acceptors (Lipinski definition) is 4. The molecule has 0 radical (unpaired) electrons. The Bertz CT molecular complexity index is 7910. The monoisotopic (exact) mass is 1510 g/mol. The van der Waals surface area contributed by atoms with Crippen molar-refractivity contribution in [2.24, 2.45) is 0 Å². The molecule has 14 aromatic carbocycles. The zero-order chi connectivity index (χ0) is 78.8. The number of benzene rings is 14. The molecule has 0 saturated heterocycles. The molecule has 0 N–H and O–H groups in total. The average molecular weight is 1510 g/mol. The molecule has 0 bridgehead atoms. The Kier molecular flexibility index (Phi) is 16.3. The van der Waals surface area contributed by atoms with Crippen molar-refractivity contribution in [3.8, 4) is 91.5 Å². The maximum atomic E-state index is 15.7. The molecule has 0 unspecified atom stereocenters. The molecule has 0 amide bonds. The zero-order valence-electron chi connectivity index (χ0n) is 61.4. The first-order valence-corrected chi connectivity index (χ1v) is 37.8. The summed E-state index contributed by atoms with van der Waals surface area (Å²) in [6, 6.07) is 95.2. The Labute approximate surface area is 658 Å². The molecular formula is C102H58F6N8. The van der Waals surface area contributed by atoms with E-state index in [1.54, 1.807) is 24.3 Å². The van der Waals surface area contributed by atoms with Gasteiger partial charge in [-0.15, -0.1) is 0 Å². The lowest BCUT2D eigenvalue weighted by Crippen LogP contribution is -2.16. The maximum absolute atomic E-state index is 15.7. The molecule has 20 rings (SSSR count). The topological polar surface area (TPSA) is 115 Å². The fraction of sp³-hybridized carbons (Fsp3) is 0.0392. The lowest BCUT2D eigenvalue weighted by Gasteiger charge is -2.21. The molecule has 4 heterocycles. The van der Waals surface area contributed by atoms with E-state index >= 15 is 26.3 Å². The van der Waals surface area contributed by atoms with Gasteiger partial charge in [0.1, 0.15) is 0 Å². The molecule has 116 heavy (non-hydrogen) atoms. The number of fused-ring (bicyclic) bond motifs is 12. The molecule has 548 valence electrons. The van der Waals surface area contributed by atoms with E-state index in [9.17, 15) is 21.0 Å². The first-order valence-electron chi connectivity index (χ1n) is 37.8. The Morgan fingerprint density at radius 2 is 0.603 bits per heavy atom. The number of para-hydroxylation sites is 4. The first-order chi connectivity index (χ1) is 56.7. The number of alkyl halides is 6. The third-order valence-electron chi connectivity index (χ3n) is 22.9. The normalized spacial score (nSPS) is 14.2. The average Bonchev–Trinajstić information content (AvgIpc) is 1.52. The van der Waals surface area contributed by atoms with Crippen LogP contribution in [0.4, 0.5) is 26.3 Å². The quantitative estimate of drug-likeness (QED) is 0.141. The van der Waals surface area contributed by atoms with Crippen molar-refractivity contribution in [3.05, 3.63) is 382 Å². The van der Waals surface area contributed by atoms with Crippen LogP contribution in [0.2, 0.25) is 0 Å². The van der Waals surface area contributed by atoms with Gasteiger partial charge in [-0.05, 0) is 182 Å². The summed E-state index contributed by atoms with van der Waals surface area (Å²) in [5.41, 5.74) is 9.37. The Balaban J connectivity index is 0.945. The predicted octanol–water partition coefficient (Wildman–Crippen LogP) is 24.9. The van der Waals surface area contributed by atoms with Crippen LogP contribution in [0.1, 0.15) is 46.2 Å². The Hall–Kier alpha value is -15.5. The predicted molar refractivity (Wildman–Crippen MR) is 450 cm³/mol.